The Hall–Kier alpha value is -1.96. The Balaban J connectivity index is 1.80. The lowest BCUT2D eigenvalue weighted by Crippen LogP contribution is -2.25. The maximum Gasteiger partial charge on any atom is 0.282 e. The normalized spacial score (nSPS) is 10.3. The number of amides is 1. The van der Waals surface area contributed by atoms with Crippen molar-refractivity contribution < 1.29 is 4.79 Å². The standard InChI is InChI=1S/C10H14N6OS/c1-2-12-10-16-15-9(18-10)8(17)13-4-3-7-5-11-6-14-7/h5-6H,2-4H2,1H3,(H,11,14)(H,12,16)(H,13,17). The Morgan fingerprint density at radius 3 is 3.11 bits per heavy atom. The van der Waals surface area contributed by atoms with Gasteiger partial charge in [-0.3, -0.25) is 4.79 Å². The highest BCUT2D eigenvalue weighted by Crippen LogP contribution is 2.14. The molecule has 96 valence electrons. The van der Waals surface area contributed by atoms with Gasteiger partial charge in [0, 0.05) is 31.4 Å². The Bertz CT molecular complexity index is 494. The highest BCUT2D eigenvalue weighted by Gasteiger charge is 2.11. The van der Waals surface area contributed by atoms with Crippen molar-refractivity contribution in [3.05, 3.63) is 23.2 Å². The molecule has 0 aromatic carbocycles. The zero-order chi connectivity index (χ0) is 12.8. The van der Waals surface area contributed by atoms with Gasteiger partial charge in [0.05, 0.1) is 6.33 Å². The second kappa shape index (κ2) is 6.10. The van der Waals surface area contributed by atoms with E-state index in [0.29, 0.717) is 23.1 Å². The number of nitrogens with zero attached hydrogens (tertiary/aromatic N) is 3. The fourth-order valence-corrected chi connectivity index (χ4v) is 2.07. The molecule has 2 heterocycles. The number of aromatic amines is 1. The summed E-state index contributed by atoms with van der Waals surface area (Å²) in [5, 5.41) is 14.5. The van der Waals surface area contributed by atoms with E-state index < -0.39 is 0 Å². The summed E-state index contributed by atoms with van der Waals surface area (Å²) in [6, 6.07) is 0. The van der Waals surface area contributed by atoms with E-state index in [1.54, 1.807) is 12.5 Å². The molecule has 0 radical (unpaired) electrons. The van der Waals surface area contributed by atoms with E-state index in [4.69, 9.17) is 0 Å². The molecule has 0 fully saturated rings. The molecule has 7 nitrogen and oxygen atoms in total. The van der Waals surface area contributed by atoms with Gasteiger partial charge in [0.25, 0.3) is 5.91 Å². The van der Waals surface area contributed by atoms with Crippen LogP contribution in [0.25, 0.3) is 0 Å². The van der Waals surface area contributed by atoms with Crippen LogP contribution in [0, 0.1) is 0 Å². The van der Waals surface area contributed by atoms with Crippen molar-refractivity contribution in [3.8, 4) is 0 Å². The molecule has 0 saturated heterocycles. The number of rotatable bonds is 6. The maximum atomic E-state index is 11.7. The molecule has 1 amide bonds. The molecule has 0 aliphatic carbocycles. The molecule has 8 heteroatoms. The summed E-state index contributed by atoms with van der Waals surface area (Å²) >= 11 is 1.25. The second-order valence-corrected chi connectivity index (χ2v) is 4.50. The molecular formula is C10H14N6OS. The van der Waals surface area contributed by atoms with Crippen LogP contribution >= 0.6 is 11.3 Å². The Labute approximate surface area is 108 Å². The van der Waals surface area contributed by atoms with Gasteiger partial charge in [0.15, 0.2) is 0 Å². The lowest BCUT2D eigenvalue weighted by molar-refractivity contribution is 0.0953. The van der Waals surface area contributed by atoms with Crippen molar-refractivity contribution in [1.29, 1.82) is 0 Å². The first-order valence-electron chi connectivity index (χ1n) is 5.62. The molecule has 0 saturated carbocycles. The molecule has 0 aliphatic heterocycles. The molecule has 0 unspecified atom stereocenters. The maximum absolute atomic E-state index is 11.7. The van der Waals surface area contributed by atoms with Crippen molar-refractivity contribution in [1.82, 2.24) is 25.5 Å². The van der Waals surface area contributed by atoms with Gasteiger partial charge in [0.1, 0.15) is 0 Å². The smallest absolute Gasteiger partial charge is 0.282 e. The monoisotopic (exact) mass is 266 g/mol. The van der Waals surface area contributed by atoms with Crippen LogP contribution in [0.15, 0.2) is 12.5 Å². The van der Waals surface area contributed by atoms with Crippen LogP contribution in [0.4, 0.5) is 5.13 Å². The van der Waals surface area contributed by atoms with Crippen molar-refractivity contribution in [2.24, 2.45) is 0 Å². The van der Waals surface area contributed by atoms with E-state index >= 15 is 0 Å². The van der Waals surface area contributed by atoms with Gasteiger partial charge in [-0.25, -0.2) is 4.98 Å². The lowest BCUT2D eigenvalue weighted by atomic mass is 10.3. The fraction of sp³-hybridized carbons (Fsp3) is 0.400. The SMILES string of the molecule is CCNc1nnc(C(=O)NCCc2cnc[nH]2)s1. The minimum absolute atomic E-state index is 0.198. The van der Waals surface area contributed by atoms with Crippen LogP contribution in [-0.2, 0) is 6.42 Å². The van der Waals surface area contributed by atoms with Gasteiger partial charge in [-0.05, 0) is 6.92 Å². The van der Waals surface area contributed by atoms with Crippen LogP contribution in [-0.4, -0.2) is 39.2 Å². The topological polar surface area (TPSA) is 95.6 Å². The molecule has 0 aliphatic rings. The molecule has 3 N–H and O–H groups in total. The number of aromatic nitrogens is 4. The van der Waals surface area contributed by atoms with E-state index in [2.05, 4.69) is 30.8 Å². The predicted octanol–water partition coefficient (Wildman–Crippen LogP) is 0.665. The first-order valence-corrected chi connectivity index (χ1v) is 6.44. The van der Waals surface area contributed by atoms with E-state index in [9.17, 15) is 4.79 Å². The van der Waals surface area contributed by atoms with Crippen molar-refractivity contribution in [2.75, 3.05) is 18.4 Å². The minimum Gasteiger partial charge on any atom is -0.360 e. The summed E-state index contributed by atoms with van der Waals surface area (Å²) in [4.78, 5) is 18.6. The molecule has 2 rings (SSSR count). The highest BCUT2D eigenvalue weighted by atomic mass is 32.1. The van der Waals surface area contributed by atoms with Gasteiger partial charge in [0.2, 0.25) is 10.1 Å². The quantitative estimate of drug-likeness (QED) is 0.714. The number of hydrogen-bond donors (Lipinski definition) is 3. The average molecular weight is 266 g/mol. The Kier molecular flexibility index (Phi) is 4.24. The van der Waals surface area contributed by atoms with Crippen molar-refractivity contribution >= 4 is 22.4 Å². The molecule has 0 spiro atoms. The molecule has 2 aromatic heterocycles. The molecular weight excluding hydrogens is 252 g/mol. The molecule has 0 bridgehead atoms. The number of anilines is 1. The minimum atomic E-state index is -0.198. The third-order valence-electron chi connectivity index (χ3n) is 2.18. The molecule has 2 aromatic rings. The highest BCUT2D eigenvalue weighted by molar-refractivity contribution is 7.17. The number of carbonyl (C=O) groups excluding carboxylic acids is 1. The average Bonchev–Trinajstić information content (AvgIpc) is 3.00. The van der Waals surface area contributed by atoms with E-state index in [1.165, 1.54) is 11.3 Å². The third kappa shape index (κ3) is 3.27. The summed E-state index contributed by atoms with van der Waals surface area (Å²) in [5.41, 5.74) is 0.987. The zero-order valence-electron chi connectivity index (χ0n) is 9.93. The van der Waals surface area contributed by atoms with Crippen LogP contribution in [0.2, 0.25) is 0 Å². The third-order valence-corrected chi connectivity index (χ3v) is 3.06. The van der Waals surface area contributed by atoms with Gasteiger partial charge >= 0.3 is 0 Å². The van der Waals surface area contributed by atoms with Crippen LogP contribution < -0.4 is 10.6 Å². The fourth-order valence-electron chi connectivity index (χ4n) is 1.35. The Morgan fingerprint density at radius 1 is 1.50 bits per heavy atom. The Morgan fingerprint density at radius 2 is 2.39 bits per heavy atom. The van der Waals surface area contributed by atoms with Crippen molar-refractivity contribution in [3.63, 3.8) is 0 Å². The number of carbonyl (C=O) groups is 1. The summed E-state index contributed by atoms with van der Waals surface area (Å²) in [5.74, 6) is -0.198. The molecule has 0 atom stereocenters. The van der Waals surface area contributed by atoms with Crippen LogP contribution in [0.5, 0.6) is 0 Å². The summed E-state index contributed by atoms with van der Waals surface area (Å²) in [7, 11) is 0. The van der Waals surface area contributed by atoms with E-state index in [0.717, 1.165) is 12.2 Å². The van der Waals surface area contributed by atoms with Crippen molar-refractivity contribution in [2.45, 2.75) is 13.3 Å². The first-order chi connectivity index (χ1) is 8.79. The molecule has 18 heavy (non-hydrogen) atoms. The van der Waals surface area contributed by atoms with Gasteiger partial charge in [-0.2, -0.15) is 0 Å². The van der Waals surface area contributed by atoms with Gasteiger partial charge in [-0.15, -0.1) is 10.2 Å². The summed E-state index contributed by atoms with van der Waals surface area (Å²) < 4.78 is 0. The lowest BCUT2D eigenvalue weighted by Gasteiger charge is -2.00. The summed E-state index contributed by atoms with van der Waals surface area (Å²) in [6.45, 7) is 3.26. The summed E-state index contributed by atoms with van der Waals surface area (Å²) in [6.07, 6.45) is 4.07. The predicted molar refractivity (Wildman–Crippen MR) is 68.7 cm³/mol. The van der Waals surface area contributed by atoms with E-state index in [-0.39, 0.29) is 5.91 Å². The zero-order valence-corrected chi connectivity index (χ0v) is 10.8. The van der Waals surface area contributed by atoms with Gasteiger partial charge < -0.3 is 15.6 Å². The number of hydrogen-bond acceptors (Lipinski definition) is 6. The van der Waals surface area contributed by atoms with Gasteiger partial charge in [-0.1, -0.05) is 11.3 Å². The number of nitrogens with one attached hydrogen (secondary N) is 3. The van der Waals surface area contributed by atoms with Crippen LogP contribution in [0.1, 0.15) is 22.4 Å². The largest absolute Gasteiger partial charge is 0.360 e. The first kappa shape index (κ1) is 12.5. The van der Waals surface area contributed by atoms with E-state index in [1.807, 2.05) is 6.92 Å². The number of H-pyrrole nitrogens is 1. The number of imidazole rings is 1. The second-order valence-electron chi connectivity index (χ2n) is 3.53. The van der Waals surface area contributed by atoms with Crippen LogP contribution in [0.3, 0.4) is 0 Å².